The van der Waals surface area contributed by atoms with Gasteiger partial charge in [0.15, 0.2) is 0 Å². The van der Waals surface area contributed by atoms with E-state index in [1.807, 2.05) is 31.2 Å². The number of fused-ring (bicyclic) bond motifs is 1. The van der Waals surface area contributed by atoms with Gasteiger partial charge in [-0.15, -0.1) is 0 Å². The molecular formula is C15H15N3O3. The lowest BCUT2D eigenvalue weighted by Gasteiger charge is -2.18. The predicted octanol–water partition coefficient (Wildman–Crippen LogP) is 1.80. The minimum Gasteiger partial charge on any atom is -0.478 e. The topological polar surface area (TPSA) is 75.4 Å². The molecule has 0 atom stereocenters. The number of amides is 1. The van der Waals surface area contributed by atoms with E-state index in [0.717, 1.165) is 17.7 Å². The van der Waals surface area contributed by atoms with E-state index in [2.05, 4.69) is 5.10 Å². The Labute approximate surface area is 121 Å². The van der Waals surface area contributed by atoms with Crippen LogP contribution in [0.25, 0.3) is 0 Å². The molecule has 6 nitrogen and oxygen atoms in total. The predicted molar refractivity (Wildman–Crippen MR) is 76.7 cm³/mol. The lowest BCUT2D eigenvalue weighted by atomic mass is 10.2. The average molecular weight is 285 g/mol. The second-order valence-electron chi connectivity index (χ2n) is 4.86. The summed E-state index contributed by atoms with van der Waals surface area (Å²) in [7, 11) is 0. The maximum Gasteiger partial charge on any atom is 0.339 e. The molecule has 108 valence electrons. The zero-order chi connectivity index (χ0) is 15.0. The van der Waals surface area contributed by atoms with Gasteiger partial charge in [-0.25, -0.2) is 4.79 Å². The van der Waals surface area contributed by atoms with Crippen LogP contribution < -0.4 is 4.90 Å². The molecule has 0 bridgehead atoms. The monoisotopic (exact) mass is 285 g/mol. The van der Waals surface area contributed by atoms with Crippen molar-refractivity contribution in [3.63, 3.8) is 0 Å². The highest BCUT2D eigenvalue weighted by molar-refractivity contribution is 6.11. The van der Waals surface area contributed by atoms with E-state index >= 15 is 0 Å². The molecule has 1 aromatic carbocycles. The average Bonchev–Trinajstić information content (AvgIpc) is 3.10. The maximum atomic E-state index is 12.8. The molecule has 0 aliphatic carbocycles. The first-order valence-corrected chi connectivity index (χ1v) is 6.82. The van der Waals surface area contributed by atoms with Crippen molar-refractivity contribution in [3.05, 3.63) is 47.3 Å². The van der Waals surface area contributed by atoms with Gasteiger partial charge in [0, 0.05) is 18.8 Å². The molecule has 0 spiro atoms. The van der Waals surface area contributed by atoms with Crippen molar-refractivity contribution < 1.29 is 14.7 Å². The Morgan fingerprint density at radius 3 is 2.81 bits per heavy atom. The van der Waals surface area contributed by atoms with Gasteiger partial charge in [-0.05, 0) is 25.0 Å². The van der Waals surface area contributed by atoms with Crippen LogP contribution in [0, 0.1) is 0 Å². The number of carboxylic acids is 1. The Morgan fingerprint density at radius 1 is 1.33 bits per heavy atom. The number of rotatable bonds is 3. The van der Waals surface area contributed by atoms with E-state index in [1.54, 1.807) is 4.90 Å². The fourth-order valence-electron chi connectivity index (χ4n) is 2.68. The molecule has 1 aliphatic rings. The molecule has 6 heteroatoms. The number of aromatic carboxylic acids is 1. The van der Waals surface area contributed by atoms with Crippen molar-refractivity contribution in [2.45, 2.75) is 19.9 Å². The van der Waals surface area contributed by atoms with E-state index in [9.17, 15) is 14.7 Å². The first-order valence-electron chi connectivity index (χ1n) is 6.82. The van der Waals surface area contributed by atoms with E-state index in [-0.39, 0.29) is 17.2 Å². The summed E-state index contributed by atoms with van der Waals surface area (Å²) in [6, 6.07) is 7.68. The summed E-state index contributed by atoms with van der Waals surface area (Å²) >= 11 is 0. The standard InChI is InChI=1S/C15H15N3O3/c1-2-18-13(11(9-16-18)15(20)21)14(19)17-8-7-10-5-3-4-6-12(10)17/h3-6,9H,2,7-8H2,1H3,(H,20,21). The number of hydrogen-bond donors (Lipinski definition) is 1. The first kappa shape index (κ1) is 13.4. The molecule has 0 unspecified atom stereocenters. The molecule has 2 aromatic rings. The van der Waals surface area contributed by atoms with Crippen LogP contribution in [0.5, 0.6) is 0 Å². The van der Waals surface area contributed by atoms with E-state index < -0.39 is 5.97 Å². The van der Waals surface area contributed by atoms with Crippen molar-refractivity contribution in [1.82, 2.24) is 9.78 Å². The number of carbonyl (C=O) groups excluding carboxylic acids is 1. The van der Waals surface area contributed by atoms with Gasteiger partial charge in [0.2, 0.25) is 0 Å². The summed E-state index contributed by atoms with van der Waals surface area (Å²) in [5.41, 5.74) is 2.04. The van der Waals surface area contributed by atoms with Crippen molar-refractivity contribution in [2.75, 3.05) is 11.4 Å². The summed E-state index contributed by atoms with van der Waals surface area (Å²) in [5.74, 6) is -1.44. The molecule has 3 rings (SSSR count). The van der Waals surface area contributed by atoms with Crippen LogP contribution in [0.2, 0.25) is 0 Å². The van der Waals surface area contributed by atoms with Crippen LogP contribution in [-0.4, -0.2) is 33.3 Å². The number of nitrogens with zero attached hydrogens (tertiary/aromatic N) is 3. The molecule has 2 heterocycles. The van der Waals surface area contributed by atoms with Crippen molar-refractivity contribution in [1.29, 1.82) is 0 Å². The molecule has 1 amide bonds. The largest absolute Gasteiger partial charge is 0.478 e. The summed E-state index contributed by atoms with van der Waals surface area (Å²) in [4.78, 5) is 25.7. The first-order chi connectivity index (χ1) is 10.1. The Balaban J connectivity index is 2.04. The molecule has 0 saturated heterocycles. The molecule has 1 aliphatic heterocycles. The second-order valence-corrected chi connectivity index (χ2v) is 4.86. The fraction of sp³-hybridized carbons (Fsp3) is 0.267. The normalized spacial score (nSPS) is 13.3. The molecule has 1 N–H and O–H groups in total. The van der Waals surface area contributed by atoms with E-state index in [1.165, 1.54) is 10.9 Å². The minimum absolute atomic E-state index is 0.0498. The van der Waals surface area contributed by atoms with Crippen molar-refractivity contribution in [3.8, 4) is 0 Å². The third kappa shape index (κ3) is 2.08. The van der Waals surface area contributed by atoms with Crippen LogP contribution in [0.15, 0.2) is 30.5 Å². The zero-order valence-corrected chi connectivity index (χ0v) is 11.6. The SMILES string of the molecule is CCn1ncc(C(=O)O)c1C(=O)N1CCc2ccccc21. The van der Waals surface area contributed by atoms with Crippen LogP contribution in [0.4, 0.5) is 5.69 Å². The maximum absolute atomic E-state index is 12.8. The highest BCUT2D eigenvalue weighted by Crippen LogP contribution is 2.29. The Kier molecular flexibility index (Phi) is 3.21. The Bertz CT molecular complexity index is 721. The van der Waals surface area contributed by atoms with Gasteiger partial charge < -0.3 is 10.0 Å². The Morgan fingerprint density at radius 2 is 2.10 bits per heavy atom. The second kappa shape index (κ2) is 5.05. The van der Waals surface area contributed by atoms with Crippen LogP contribution >= 0.6 is 0 Å². The minimum atomic E-state index is -1.13. The van der Waals surface area contributed by atoms with Crippen molar-refractivity contribution >= 4 is 17.6 Å². The van der Waals surface area contributed by atoms with Gasteiger partial charge in [0.1, 0.15) is 11.3 Å². The van der Waals surface area contributed by atoms with Gasteiger partial charge in [-0.1, -0.05) is 18.2 Å². The molecule has 0 saturated carbocycles. The zero-order valence-electron chi connectivity index (χ0n) is 11.6. The summed E-state index contributed by atoms with van der Waals surface area (Å²) < 4.78 is 1.44. The number of aromatic nitrogens is 2. The highest BCUT2D eigenvalue weighted by atomic mass is 16.4. The van der Waals surface area contributed by atoms with Gasteiger partial charge in [-0.2, -0.15) is 5.10 Å². The molecule has 0 radical (unpaired) electrons. The van der Waals surface area contributed by atoms with Crippen LogP contribution in [-0.2, 0) is 13.0 Å². The summed E-state index contributed by atoms with van der Waals surface area (Å²) in [6.45, 7) is 2.84. The van der Waals surface area contributed by atoms with Crippen LogP contribution in [0.3, 0.4) is 0 Å². The third-order valence-electron chi connectivity index (χ3n) is 3.70. The van der Waals surface area contributed by atoms with Gasteiger partial charge in [0.25, 0.3) is 5.91 Å². The third-order valence-corrected chi connectivity index (χ3v) is 3.70. The summed E-state index contributed by atoms with van der Waals surface area (Å²) in [6.07, 6.45) is 2.02. The van der Waals surface area contributed by atoms with E-state index in [0.29, 0.717) is 13.1 Å². The number of para-hydroxylation sites is 1. The van der Waals surface area contributed by atoms with Gasteiger partial charge in [0.05, 0.1) is 6.20 Å². The summed E-state index contributed by atoms with van der Waals surface area (Å²) in [5, 5.41) is 13.2. The van der Waals surface area contributed by atoms with Crippen LogP contribution in [0.1, 0.15) is 33.3 Å². The Hall–Kier alpha value is -2.63. The molecule has 21 heavy (non-hydrogen) atoms. The number of hydrogen-bond acceptors (Lipinski definition) is 3. The fourth-order valence-corrected chi connectivity index (χ4v) is 2.68. The molecule has 1 aromatic heterocycles. The lowest BCUT2D eigenvalue weighted by Crippen LogP contribution is -2.32. The number of anilines is 1. The number of carboxylic acid groups (broad SMARTS) is 1. The smallest absolute Gasteiger partial charge is 0.339 e. The van der Waals surface area contributed by atoms with Crippen molar-refractivity contribution in [2.24, 2.45) is 0 Å². The van der Waals surface area contributed by atoms with E-state index in [4.69, 9.17) is 0 Å². The lowest BCUT2D eigenvalue weighted by molar-refractivity contribution is 0.0691. The number of benzene rings is 1. The number of aryl methyl sites for hydroxylation is 1. The van der Waals surface area contributed by atoms with Gasteiger partial charge >= 0.3 is 5.97 Å². The van der Waals surface area contributed by atoms with Gasteiger partial charge in [-0.3, -0.25) is 9.48 Å². The molecule has 0 fully saturated rings. The number of carbonyl (C=O) groups is 2. The highest BCUT2D eigenvalue weighted by Gasteiger charge is 2.31. The molecular weight excluding hydrogens is 270 g/mol. The quantitative estimate of drug-likeness (QED) is 0.933.